The largest absolute Gasteiger partial charge is 0.498 e. The van der Waals surface area contributed by atoms with Gasteiger partial charge in [-0.1, -0.05) is 0 Å². The molecular formula is C14H24O6. The predicted octanol–water partition coefficient (Wildman–Crippen LogP) is 2.49. The Morgan fingerprint density at radius 3 is 1.40 bits per heavy atom. The first-order chi connectivity index (χ1) is 9.09. The third-order valence-corrected chi connectivity index (χ3v) is 3.10. The number of carbonyl (C=O) groups is 2. The van der Waals surface area contributed by atoms with Crippen molar-refractivity contribution >= 4 is 11.9 Å². The molecule has 0 atom stereocenters. The average Bonchev–Trinajstić information content (AvgIpc) is 2.31. The number of rotatable bonds is 10. The van der Waals surface area contributed by atoms with E-state index in [1.165, 1.54) is 12.5 Å². The van der Waals surface area contributed by atoms with Gasteiger partial charge in [-0.2, -0.15) is 0 Å². The maximum atomic E-state index is 10.8. The molecule has 0 rings (SSSR count). The van der Waals surface area contributed by atoms with E-state index in [1.54, 1.807) is 27.7 Å². The van der Waals surface area contributed by atoms with Gasteiger partial charge in [0.2, 0.25) is 0 Å². The minimum atomic E-state index is -0.864. The molecule has 0 aliphatic heterocycles. The van der Waals surface area contributed by atoms with E-state index in [-0.39, 0.29) is 13.2 Å². The normalized spacial score (nSPS) is 12.4. The van der Waals surface area contributed by atoms with Gasteiger partial charge in [-0.3, -0.25) is 9.59 Å². The molecule has 0 aromatic rings. The quantitative estimate of drug-likeness (QED) is 0.474. The van der Waals surface area contributed by atoms with Gasteiger partial charge < -0.3 is 19.7 Å². The van der Waals surface area contributed by atoms with Crippen LogP contribution in [0.25, 0.3) is 0 Å². The maximum Gasteiger partial charge on any atom is 0.309 e. The van der Waals surface area contributed by atoms with E-state index >= 15 is 0 Å². The first-order valence-corrected chi connectivity index (χ1v) is 6.44. The van der Waals surface area contributed by atoms with Crippen molar-refractivity contribution in [2.24, 2.45) is 10.8 Å². The minimum absolute atomic E-state index is 0.278. The van der Waals surface area contributed by atoms with E-state index in [1.807, 2.05) is 0 Å². The zero-order valence-electron chi connectivity index (χ0n) is 12.5. The average molecular weight is 288 g/mol. The molecule has 0 saturated heterocycles. The summed E-state index contributed by atoms with van der Waals surface area (Å²) in [5, 5.41) is 17.8. The molecule has 0 heterocycles. The monoisotopic (exact) mass is 288 g/mol. The summed E-state index contributed by atoms with van der Waals surface area (Å²) >= 11 is 0. The van der Waals surface area contributed by atoms with Gasteiger partial charge >= 0.3 is 11.9 Å². The summed E-state index contributed by atoms with van der Waals surface area (Å²) in [4.78, 5) is 21.7. The summed E-state index contributed by atoms with van der Waals surface area (Å²) in [7, 11) is 0. The maximum absolute atomic E-state index is 10.8. The van der Waals surface area contributed by atoms with Gasteiger partial charge in [0.1, 0.15) is 12.5 Å². The van der Waals surface area contributed by atoms with Crippen LogP contribution in [0.15, 0.2) is 12.5 Å². The van der Waals surface area contributed by atoms with Crippen LogP contribution >= 0.6 is 0 Å². The molecule has 6 heteroatoms. The molecule has 20 heavy (non-hydrogen) atoms. The Bertz CT molecular complexity index is 323. The van der Waals surface area contributed by atoms with Crippen LogP contribution in [0.1, 0.15) is 40.5 Å². The van der Waals surface area contributed by atoms with E-state index < -0.39 is 22.8 Å². The molecule has 0 spiro atoms. The first-order valence-electron chi connectivity index (χ1n) is 6.44. The van der Waals surface area contributed by atoms with E-state index in [2.05, 4.69) is 0 Å². The van der Waals surface area contributed by atoms with Crippen molar-refractivity contribution in [1.82, 2.24) is 0 Å². The smallest absolute Gasteiger partial charge is 0.309 e. The Labute approximate surface area is 119 Å². The lowest BCUT2D eigenvalue weighted by atomic mass is 9.90. The minimum Gasteiger partial charge on any atom is -0.498 e. The number of carboxylic acids is 2. The fraction of sp³-hybridized carbons (Fsp3) is 0.714. The molecule has 116 valence electrons. The van der Waals surface area contributed by atoms with Crippen molar-refractivity contribution in [2.75, 3.05) is 13.2 Å². The lowest BCUT2D eigenvalue weighted by Gasteiger charge is -2.18. The number of hydrogen-bond acceptors (Lipinski definition) is 4. The van der Waals surface area contributed by atoms with Crippen molar-refractivity contribution in [3.05, 3.63) is 12.5 Å². The van der Waals surface area contributed by atoms with E-state index in [9.17, 15) is 9.59 Å². The second kappa shape index (κ2) is 7.77. The van der Waals surface area contributed by atoms with Gasteiger partial charge in [0.25, 0.3) is 0 Å². The summed E-state index contributed by atoms with van der Waals surface area (Å²) in [6.45, 7) is 7.08. The zero-order valence-corrected chi connectivity index (χ0v) is 12.5. The van der Waals surface area contributed by atoms with Crippen molar-refractivity contribution < 1.29 is 29.3 Å². The molecule has 0 aliphatic rings. The molecule has 0 aromatic carbocycles. The Kier molecular flexibility index (Phi) is 7.10. The Morgan fingerprint density at radius 2 is 1.15 bits per heavy atom. The lowest BCUT2D eigenvalue weighted by Crippen LogP contribution is -2.25. The van der Waals surface area contributed by atoms with Crippen molar-refractivity contribution in [2.45, 2.75) is 40.5 Å². The Balaban J connectivity index is 3.75. The highest BCUT2D eigenvalue weighted by molar-refractivity contribution is 5.73. The highest BCUT2D eigenvalue weighted by atomic mass is 16.5. The second-order valence-corrected chi connectivity index (χ2v) is 5.89. The molecule has 0 saturated carbocycles. The molecular weight excluding hydrogens is 264 g/mol. The summed E-state index contributed by atoms with van der Waals surface area (Å²) in [6.07, 6.45) is 3.45. The Hall–Kier alpha value is -1.72. The van der Waals surface area contributed by atoms with Gasteiger partial charge in [0.15, 0.2) is 0 Å². The van der Waals surface area contributed by atoms with E-state index in [0.717, 1.165) is 0 Å². The van der Waals surface area contributed by atoms with Crippen LogP contribution in [0.5, 0.6) is 0 Å². The molecule has 0 aliphatic carbocycles. The molecule has 0 amide bonds. The highest BCUT2D eigenvalue weighted by Crippen LogP contribution is 2.21. The van der Waals surface area contributed by atoms with Crippen LogP contribution in [0.2, 0.25) is 0 Å². The second-order valence-electron chi connectivity index (χ2n) is 5.89. The van der Waals surface area contributed by atoms with Crippen LogP contribution in [0.3, 0.4) is 0 Å². The molecule has 0 fully saturated rings. The third kappa shape index (κ3) is 7.01. The third-order valence-electron chi connectivity index (χ3n) is 3.10. The highest BCUT2D eigenvalue weighted by Gasteiger charge is 2.27. The van der Waals surface area contributed by atoms with Crippen molar-refractivity contribution in [3.8, 4) is 0 Å². The summed E-state index contributed by atoms with van der Waals surface area (Å²) in [5.74, 6) is -1.73. The van der Waals surface area contributed by atoms with Gasteiger partial charge in [-0.15, -0.1) is 0 Å². The van der Waals surface area contributed by atoms with Crippen LogP contribution in [0, 0.1) is 10.8 Å². The Morgan fingerprint density at radius 1 is 0.850 bits per heavy atom. The predicted molar refractivity (Wildman–Crippen MR) is 73.1 cm³/mol. The van der Waals surface area contributed by atoms with Crippen LogP contribution < -0.4 is 0 Å². The summed E-state index contributed by atoms with van der Waals surface area (Å²) < 4.78 is 10.2. The summed E-state index contributed by atoms with van der Waals surface area (Å²) in [6, 6.07) is 0. The molecule has 0 aromatic heterocycles. The van der Waals surface area contributed by atoms with E-state index in [0.29, 0.717) is 12.8 Å². The molecule has 6 nitrogen and oxygen atoms in total. The van der Waals surface area contributed by atoms with Crippen molar-refractivity contribution in [1.29, 1.82) is 0 Å². The van der Waals surface area contributed by atoms with Gasteiger partial charge in [-0.25, -0.2) is 0 Å². The van der Waals surface area contributed by atoms with Gasteiger partial charge in [0.05, 0.1) is 24.0 Å². The standard InChI is InChI=1S/C14H24O6/c1-13(2,11(15)16)5-7-19-9-10-20-8-6-14(3,4)12(17)18/h9-10H,5-8H2,1-4H3,(H,15,16)(H,17,18)/b10-9+. The molecule has 0 radical (unpaired) electrons. The number of carboxylic acid groups (broad SMARTS) is 2. The van der Waals surface area contributed by atoms with E-state index in [4.69, 9.17) is 19.7 Å². The van der Waals surface area contributed by atoms with Gasteiger partial charge in [0, 0.05) is 0 Å². The number of aliphatic carboxylic acids is 2. The number of ether oxygens (including phenoxy) is 2. The fourth-order valence-corrected chi connectivity index (χ4v) is 1.06. The topological polar surface area (TPSA) is 93.1 Å². The zero-order chi connectivity index (χ0) is 15.8. The molecule has 0 unspecified atom stereocenters. The van der Waals surface area contributed by atoms with Crippen LogP contribution in [-0.2, 0) is 19.1 Å². The molecule has 2 N–H and O–H groups in total. The van der Waals surface area contributed by atoms with Gasteiger partial charge in [-0.05, 0) is 40.5 Å². The van der Waals surface area contributed by atoms with Crippen LogP contribution in [0.4, 0.5) is 0 Å². The summed E-state index contributed by atoms with van der Waals surface area (Å²) in [5.41, 5.74) is -1.64. The first kappa shape index (κ1) is 18.3. The fourth-order valence-electron chi connectivity index (χ4n) is 1.06. The lowest BCUT2D eigenvalue weighted by molar-refractivity contribution is -0.148. The van der Waals surface area contributed by atoms with Crippen molar-refractivity contribution in [3.63, 3.8) is 0 Å². The van der Waals surface area contributed by atoms with Crippen LogP contribution in [-0.4, -0.2) is 35.4 Å². The molecule has 0 bridgehead atoms. The number of hydrogen-bond donors (Lipinski definition) is 2. The SMILES string of the molecule is CC(C)(CCO/C=C/OCCC(C)(C)C(=O)O)C(=O)O.